The molecule has 34 heavy (non-hydrogen) atoms. The number of anilines is 1. The number of piperidine rings is 1. The second-order valence-electron chi connectivity index (χ2n) is 8.76. The third-order valence-electron chi connectivity index (χ3n) is 6.61. The number of nitrogens with zero attached hydrogens (tertiary/aromatic N) is 6. The highest BCUT2D eigenvalue weighted by molar-refractivity contribution is 7.10. The first kappa shape index (κ1) is 23.0. The molecule has 5 rings (SSSR count). The Morgan fingerprint density at radius 1 is 1.12 bits per heavy atom. The lowest BCUT2D eigenvalue weighted by atomic mass is 9.95. The standard InChI is InChI=1S/C22H26F3N7OS/c23-22(24,25)21-28-27-18-5-6-19(29-32(18)21)31-11-7-15(8-12-31)20(33)26-14-16(17-4-3-13-34-17)30-9-1-2-10-30/h3-6,13,15-16H,1-2,7-12,14H2,(H,26,33)/t16-/m1/s1. The van der Waals surface area contributed by atoms with Gasteiger partial charge in [-0.1, -0.05) is 6.07 Å². The molecule has 0 aliphatic carbocycles. The number of thiophene rings is 1. The average molecular weight is 494 g/mol. The number of aromatic nitrogens is 4. The maximum Gasteiger partial charge on any atom is 0.453 e. The molecule has 8 nitrogen and oxygen atoms in total. The average Bonchev–Trinajstić information content (AvgIpc) is 3.60. The molecular formula is C22H26F3N7OS. The van der Waals surface area contributed by atoms with E-state index in [1.807, 2.05) is 11.0 Å². The van der Waals surface area contributed by atoms with Crippen LogP contribution in [0.4, 0.5) is 19.0 Å². The van der Waals surface area contributed by atoms with E-state index in [-0.39, 0.29) is 23.5 Å². The zero-order valence-electron chi connectivity index (χ0n) is 18.5. The van der Waals surface area contributed by atoms with Gasteiger partial charge in [-0.2, -0.15) is 17.7 Å². The van der Waals surface area contributed by atoms with Crippen molar-refractivity contribution >= 4 is 28.7 Å². The molecule has 0 aromatic carbocycles. The third kappa shape index (κ3) is 4.74. The highest BCUT2D eigenvalue weighted by Crippen LogP contribution is 2.30. The molecule has 0 bridgehead atoms. The van der Waals surface area contributed by atoms with Crippen LogP contribution in [-0.4, -0.2) is 63.3 Å². The number of carbonyl (C=O) groups excluding carboxylic acids is 1. The van der Waals surface area contributed by atoms with E-state index in [0.29, 0.717) is 38.3 Å². The number of nitrogens with one attached hydrogen (secondary N) is 1. The summed E-state index contributed by atoms with van der Waals surface area (Å²) in [5.41, 5.74) is 0.0450. The Morgan fingerprint density at radius 2 is 1.88 bits per heavy atom. The number of fused-ring (bicyclic) bond motifs is 1. The Morgan fingerprint density at radius 3 is 2.56 bits per heavy atom. The van der Waals surface area contributed by atoms with Gasteiger partial charge in [0.15, 0.2) is 5.65 Å². The van der Waals surface area contributed by atoms with Gasteiger partial charge in [0.2, 0.25) is 5.91 Å². The molecule has 0 radical (unpaired) electrons. The molecule has 2 fully saturated rings. The molecule has 0 unspecified atom stereocenters. The van der Waals surface area contributed by atoms with Crippen LogP contribution in [0.5, 0.6) is 0 Å². The third-order valence-corrected chi connectivity index (χ3v) is 7.59. The van der Waals surface area contributed by atoms with Crippen LogP contribution in [0.2, 0.25) is 0 Å². The first-order valence-electron chi connectivity index (χ1n) is 11.5. The topological polar surface area (TPSA) is 78.7 Å². The maximum atomic E-state index is 13.2. The molecule has 2 aliphatic heterocycles. The van der Waals surface area contributed by atoms with Crippen molar-refractivity contribution in [2.75, 3.05) is 37.6 Å². The van der Waals surface area contributed by atoms with Gasteiger partial charge in [0, 0.05) is 30.4 Å². The molecule has 2 aliphatic rings. The minimum absolute atomic E-state index is 0.0435. The SMILES string of the molecule is O=C(NC[C@H](c1cccs1)N1CCCC1)C1CCN(c2ccc3nnc(C(F)(F)F)n3n2)CC1. The van der Waals surface area contributed by atoms with Crippen molar-refractivity contribution < 1.29 is 18.0 Å². The molecule has 5 heterocycles. The number of amides is 1. The molecule has 0 saturated carbocycles. The van der Waals surface area contributed by atoms with Crippen molar-refractivity contribution in [2.45, 2.75) is 37.9 Å². The lowest BCUT2D eigenvalue weighted by molar-refractivity contribution is -0.146. The fraction of sp³-hybridized carbons (Fsp3) is 0.545. The number of alkyl halides is 3. The summed E-state index contributed by atoms with van der Waals surface area (Å²) in [7, 11) is 0. The second-order valence-corrected chi connectivity index (χ2v) is 9.74. The summed E-state index contributed by atoms with van der Waals surface area (Å²) in [6.07, 6.45) is -1.02. The molecular weight excluding hydrogens is 467 g/mol. The fourth-order valence-corrected chi connectivity index (χ4v) is 5.64. The molecule has 2 saturated heterocycles. The van der Waals surface area contributed by atoms with Crippen LogP contribution in [0.25, 0.3) is 5.65 Å². The van der Waals surface area contributed by atoms with Crippen LogP contribution < -0.4 is 10.2 Å². The second kappa shape index (κ2) is 9.49. The van der Waals surface area contributed by atoms with E-state index in [0.717, 1.165) is 17.6 Å². The summed E-state index contributed by atoms with van der Waals surface area (Å²) in [5.74, 6) is -0.800. The zero-order valence-corrected chi connectivity index (χ0v) is 19.4. The van der Waals surface area contributed by atoms with Gasteiger partial charge in [-0.25, -0.2) is 0 Å². The number of hydrogen-bond acceptors (Lipinski definition) is 7. The largest absolute Gasteiger partial charge is 0.453 e. The van der Waals surface area contributed by atoms with Gasteiger partial charge >= 0.3 is 6.18 Å². The van der Waals surface area contributed by atoms with Crippen LogP contribution in [-0.2, 0) is 11.0 Å². The van der Waals surface area contributed by atoms with E-state index in [1.165, 1.54) is 23.8 Å². The number of hydrogen-bond donors (Lipinski definition) is 1. The Hall–Kier alpha value is -2.73. The molecule has 12 heteroatoms. The van der Waals surface area contributed by atoms with Crippen molar-refractivity contribution in [3.8, 4) is 0 Å². The Kier molecular flexibility index (Phi) is 6.43. The monoisotopic (exact) mass is 493 g/mol. The van der Waals surface area contributed by atoms with Crippen LogP contribution in [0.3, 0.4) is 0 Å². The van der Waals surface area contributed by atoms with Crippen molar-refractivity contribution in [1.29, 1.82) is 0 Å². The zero-order chi connectivity index (χ0) is 23.7. The van der Waals surface area contributed by atoms with E-state index in [4.69, 9.17) is 0 Å². The molecule has 1 N–H and O–H groups in total. The molecule has 0 spiro atoms. The summed E-state index contributed by atoms with van der Waals surface area (Å²) in [4.78, 5) is 18.5. The highest BCUT2D eigenvalue weighted by atomic mass is 32.1. The van der Waals surface area contributed by atoms with Crippen LogP contribution in [0, 0.1) is 5.92 Å². The van der Waals surface area contributed by atoms with E-state index in [1.54, 1.807) is 17.4 Å². The van der Waals surface area contributed by atoms with Crippen LogP contribution in [0.15, 0.2) is 29.6 Å². The van der Waals surface area contributed by atoms with Crippen LogP contribution >= 0.6 is 11.3 Å². The molecule has 1 atom stereocenters. The highest BCUT2D eigenvalue weighted by Gasteiger charge is 2.38. The summed E-state index contributed by atoms with van der Waals surface area (Å²) in [6.45, 7) is 3.78. The van der Waals surface area contributed by atoms with E-state index >= 15 is 0 Å². The molecule has 3 aromatic heterocycles. The summed E-state index contributed by atoms with van der Waals surface area (Å²) in [6, 6.07) is 7.50. The lowest BCUT2D eigenvalue weighted by Gasteiger charge is -2.33. The predicted octanol–water partition coefficient (Wildman–Crippen LogP) is 3.37. The smallest absolute Gasteiger partial charge is 0.355 e. The van der Waals surface area contributed by atoms with Gasteiger partial charge in [-0.15, -0.1) is 26.6 Å². The van der Waals surface area contributed by atoms with Gasteiger partial charge in [-0.05, 0) is 62.4 Å². The van der Waals surface area contributed by atoms with Crippen molar-refractivity contribution in [3.63, 3.8) is 0 Å². The quantitative estimate of drug-likeness (QED) is 0.567. The van der Waals surface area contributed by atoms with Gasteiger partial charge in [0.05, 0.1) is 6.04 Å². The van der Waals surface area contributed by atoms with E-state index in [2.05, 4.69) is 37.0 Å². The Labute approximate surface area is 198 Å². The normalized spacial score (nSPS) is 19.1. The van der Waals surface area contributed by atoms with Gasteiger partial charge in [0.1, 0.15) is 5.82 Å². The van der Waals surface area contributed by atoms with Crippen molar-refractivity contribution in [1.82, 2.24) is 30.0 Å². The van der Waals surface area contributed by atoms with Crippen LogP contribution in [0.1, 0.15) is 42.4 Å². The Balaban J connectivity index is 1.19. The summed E-state index contributed by atoms with van der Waals surface area (Å²) in [5, 5.41) is 16.1. The minimum Gasteiger partial charge on any atom is -0.355 e. The Bertz CT molecular complexity index is 1120. The van der Waals surface area contributed by atoms with Crippen molar-refractivity contribution in [2.24, 2.45) is 5.92 Å². The number of carbonyl (C=O) groups is 1. The number of halogens is 3. The first-order chi connectivity index (χ1) is 16.4. The lowest BCUT2D eigenvalue weighted by Crippen LogP contribution is -2.43. The predicted molar refractivity (Wildman–Crippen MR) is 122 cm³/mol. The van der Waals surface area contributed by atoms with E-state index in [9.17, 15) is 18.0 Å². The van der Waals surface area contributed by atoms with Crippen molar-refractivity contribution in [3.05, 3.63) is 40.3 Å². The molecule has 1 amide bonds. The van der Waals surface area contributed by atoms with Gasteiger partial charge in [-0.3, -0.25) is 9.69 Å². The summed E-state index contributed by atoms with van der Waals surface area (Å²) < 4.78 is 40.2. The number of rotatable bonds is 6. The van der Waals surface area contributed by atoms with Gasteiger partial charge in [0.25, 0.3) is 5.82 Å². The van der Waals surface area contributed by atoms with E-state index < -0.39 is 12.0 Å². The first-order valence-corrected chi connectivity index (χ1v) is 12.4. The molecule has 182 valence electrons. The minimum atomic E-state index is -4.63. The van der Waals surface area contributed by atoms with Gasteiger partial charge < -0.3 is 10.2 Å². The number of likely N-dealkylation sites (tertiary alicyclic amines) is 1. The molecule has 3 aromatic rings. The fourth-order valence-electron chi connectivity index (χ4n) is 4.78. The maximum absolute atomic E-state index is 13.2. The summed E-state index contributed by atoms with van der Waals surface area (Å²) >= 11 is 1.72.